The minimum Gasteiger partial charge on any atom is -0.268 e. The first-order valence-electron chi connectivity index (χ1n) is 8.11. The molecule has 0 aliphatic rings. The summed E-state index contributed by atoms with van der Waals surface area (Å²) in [5.74, 6) is 0. The molecule has 3 aromatic carbocycles. The van der Waals surface area contributed by atoms with E-state index in [4.69, 9.17) is 5.26 Å². The molecular weight excluding hydrogens is 310 g/mol. The molecule has 4 nitrogen and oxygen atoms in total. The van der Waals surface area contributed by atoms with E-state index in [1.165, 1.54) is 0 Å². The van der Waals surface area contributed by atoms with Crippen LogP contribution in [0.5, 0.6) is 0 Å². The van der Waals surface area contributed by atoms with Crippen LogP contribution in [0.2, 0.25) is 0 Å². The maximum atomic E-state index is 13.2. The summed E-state index contributed by atoms with van der Waals surface area (Å²) in [7, 11) is 0. The quantitative estimate of drug-likeness (QED) is 0.431. The minimum atomic E-state index is -0.0645. The number of hydrogen-bond acceptors (Lipinski definition) is 3. The lowest BCUT2D eigenvalue weighted by Gasteiger charge is -2.11. The first kappa shape index (κ1) is 13.9. The Morgan fingerprint density at radius 3 is 2.40 bits per heavy atom. The Balaban J connectivity index is 2.16. The zero-order valence-corrected chi connectivity index (χ0v) is 13.8. The van der Waals surface area contributed by atoms with Gasteiger partial charge in [0.05, 0.1) is 22.7 Å². The number of nitrogens with zero attached hydrogens (tertiary/aromatic N) is 3. The lowest BCUT2D eigenvalue weighted by Crippen LogP contribution is -2.13. The molecular formula is C21H13N3O. The van der Waals surface area contributed by atoms with E-state index in [0.29, 0.717) is 22.1 Å². The second-order valence-electron chi connectivity index (χ2n) is 6.50. The smallest absolute Gasteiger partial charge is 0.264 e. The monoisotopic (exact) mass is 323 g/mol. The predicted octanol–water partition coefficient (Wildman–Crippen LogP) is 4.08. The van der Waals surface area contributed by atoms with Gasteiger partial charge in [0.2, 0.25) is 0 Å². The highest BCUT2D eigenvalue weighted by Crippen LogP contribution is 2.33. The number of hydrogen-bond donors (Lipinski definition) is 0. The van der Waals surface area contributed by atoms with Gasteiger partial charge in [0.1, 0.15) is 5.65 Å². The van der Waals surface area contributed by atoms with Gasteiger partial charge < -0.3 is 0 Å². The molecule has 0 aliphatic carbocycles. The van der Waals surface area contributed by atoms with Gasteiger partial charge in [-0.1, -0.05) is 18.2 Å². The van der Waals surface area contributed by atoms with Crippen LogP contribution in [0.1, 0.15) is 16.7 Å². The van der Waals surface area contributed by atoms with E-state index < -0.39 is 0 Å². The van der Waals surface area contributed by atoms with E-state index in [9.17, 15) is 4.79 Å². The summed E-state index contributed by atoms with van der Waals surface area (Å²) in [5.41, 5.74) is 4.84. The second kappa shape index (κ2) is 4.55. The first-order chi connectivity index (χ1) is 12.1. The van der Waals surface area contributed by atoms with Crippen LogP contribution in [0.15, 0.2) is 47.3 Å². The van der Waals surface area contributed by atoms with Crippen molar-refractivity contribution in [3.63, 3.8) is 0 Å². The Bertz CT molecular complexity index is 1430. The van der Waals surface area contributed by atoms with Crippen molar-refractivity contribution < 1.29 is 0 Å². The number of rotatable bonds is 0. The van der Waals surface area contributed by atoms with Gasteiger partial charge in [0.25, 0.3) is 5.56 Å². The van der Waals surface area contributed by atoms with E-state index in [-0.39, 0.29) is 5.56 Å². The number of pyridine rings is 1. The topological polar surface area (TPSA) is 58.2 Å². The number of aryl methyl sites for hydroxylation is 2. The molecule has 0 bridgehead atoms. The highest BCUT2D eigenvalue weighted by atomic mass is 16.1. The molecule has 0 fully saturated rings. The fraction of sp³-hybridized carbons (Fsp3) is 0.0952. The zero-order chi connectivity index (χ0) is 17.3. The van der Waals surface area contributed by atoms with Gasteiger partial charge in [-0.05, 0) is 54.6 Å². The van der Waals surface area contributed by atoms with E-state index in [2.05, 4.69) is 31.0 Å². The molecule has 0 N–H and O–H groups in total. The second-order valence-corrected chi connectivity index (χ2v) is 6.50. The van der Waals surface area contributed by atoms with Gasteiger partial charge in [0, 0.05) is 16.2 Å². The standard InChI is InChI=1S/C21H13N3O/c1-11-3-6-14-19-15(7-4-12(2)18(11)19)21(25)24-17-8-5-13(10-22)9-16(17)23-20(14)24/h3-9H,1-2H3. The van der Waals surface area contributed by atoms with Gasteiger partial charge in [0.15, 0.2) is 0 Å². The number of benzene rings is 3. The summed E-state index contributed by atoms with van der Waals surface area (Å²) in [4.78, 5) is 17.9. The van der Waals surface area contributed by atoms with Crippen molar-refractivity contribution in [3.8, 4) is 6.07 Å². The maximum Gasteiger partial charge on any atom is 0.264 e. The van der Waals surface area contributed by atoms with Gasteiger partial charge in [-0.3, -0.25) is 9.20 Å². The summed E-state index contributed by atoms with van der Waals surface area (Å²) < 4.78 is 1.66. The summed E-state index contributed by atoms with van der Waals surface area (Å²) in [6.45, 7) is 4.13. The summed E-state index contributed by atoms with van der Waals surface area (Å²) in [5, 5.41) is 12.9. The lowest BCUT2D eigenvalue weighted by molar-refractivity contribution is 1.19. The number of fused-ring (bicyclic) bond motifs is 4. The van der Waals surface area contributed by atoms with Crippen molar-refractivity contribution in [1.29, 1.82) is 5.26 Å². The molecule has 5 rings (SSSR count). The highest BCUT2D eigenvalue weighted by molar-refractivity contribution is 6.17. The molecule has 0 unspecified atom stereocenters. The normalized spacial score (nSPS) is 11.7. The van der Waals surface area contributed by atoms with Gasteiger partial charge in [-0.2, -0.15) is 5.26 Å². The molecule has 0 saturated heterocycles. The number of imidazole rings is 1. The number of nitriles is 1. The van der Waals surface area contributed by atoms with Crippen LogP contribution in [0.4, 0.5) is 0 Å². The Kier molecular flexibility index (Phi) is 2.54. The largest absolute Gasteiger partial charge is 0.268 e. The third-order valence-electron chi connectivity index (χ3n) is 5.04. The number of aromatic nitrogens is 2. The summed E-state index contributed by atoms with van der Waals surface area (Å²) >= 11 is 0. The third kappa shape index (κ3) is 1.65. The van der Waals surface area contributed by atoms with E-state index in [0.717, 1.165) is 32.8 Å². The molecule has 0 atom stereocenters. The lowest BCUT2D eigenvalue weighted by atomic mass is 9.95. The van der Waals surface area contributed by atoms with Crippen LogP contribution in [0, 0.1) is 25.2 Å². The van der Waals surface area contributed by atoms with E-state index >= 15 is 0 Å². The van der Waals surface area contributed by atoms with Crippen molar-refractivity contribution in [3.05, 3.63) is 69.5 Å². The summed E-state index contributed by atoms with van der Waals surface area (Å²) in [6, 6.07) is 15.4. The van der Waals surface area contributed by atoms with E-state index in [1.807, 2.05) is 18.2 Å². The SMILES string of the molecule is Cc1ccc2c(=O)n3c4ccc(C#N)cc4nc3c3ccc(C)c1c23. The molecule has 0 radical (unpaired) electrons. The van der Waals surface area contributed by atoms with Crippen molar-refractivity contribution in [1.82, 2.24) is 9.38 Å². The van der Waals surface area contributed by atoms with Crippen LogP contribution >= 0.6 is 0 Å². The Morgan fingerprint density at radius 1 is 0.960 bits per heavy atom. The van der Waals surface area contributed by atoms with Gasteiger partial charge in [-0.25, -0.2) is 4.98 Å². The van der Waals surface area contributed by atoms with Crippen molar-refractivity contribution in [2.45, 2.75) is 13.8 Å². The van der Waals surface area contributed by atoms with Gasteiger partial charge in [-0.15, -0.1) is 0 Å². The average molecular weight is 323 g/mol. The summed E-state index contributed by atoms with van der Waals surface area (Å²) in [6.07, 6.45) is 0. The third-order valence-corrected chi connectivity index (χ3v) is 5.04. The van der Waals surface area contributed by atoms with Crippen LogP contribution in [0.25, 0.3) is 38.2 Å². The first-order valence-corrected chi connectivity index (χ1v) is 8.11. The molecule has 0 aliphatic heterocycles. The van der Waals surface area contributed by atoms with Crippen LogP contribution < -0.4 is 5.56 Å². The van der Waals surface area contributed by atoms with Crippen molar-refractivity contribution in [2.75, 3.05) is 0 Å². The fourth-order valence-electron chi connectivity index (χ4n) is 3.89. The molecule has 2 aromatic heterocycles. The molecule has 118 valence electrons. The van der Waals surface area contributed by atoms with E-state index in [1.54, 1.807) is 22.6 Å². The maximum absolute atomic E-state index is 13.2. The zero-order valence-electron chi connectivity index (χ0n) is 13.8. The molecule has 0 amide bonds. The van der Waals surface area contributed by atoms with Crippen molar-refractivity contribution >= 4 is 38.2 Å². The molecule has 5 aromatic rings. The Morgan fingerprint density at radius 2 is 1.68 bits per heavy atom. The fourth-order valence-corrected chi connectivity index (χ4v) is 3.89. The van der Waals surface area contributed by atoms with Crippen LogP contribution in [-0.4, -0.2) is 9.38 Å². The Labute approximate surface area is 142 Å². The Hall–Kier alpha value is -3.45. The minimum absolute atomic E-state index is 0.0645. The highest BCUT2D eigenvalue weighted by Gasteiger charge is 2.17. The van der Waals surface area contributed by atoms with Crippen LogP contribution in [-0.2, 0) is 0 Å². The average Bonchev–Trinajstić information content (AvgIpc) is 3.00. The van der Waals surface area contributed by atoms with Crippen LogP contribution in [0.3, 0.4) is 0 Å². The molecule has 25 heavy (non-hydrogen) atoms. The molecule has 0 saturated carbocycles. The molecule has 0 spiro atoms. The van der Waals surface area contributed by atoms with Gasteiger partial charge >= 0.3 is 0 Å². The molecule has 2 heterocycles. The van der Waals surface area contributed by atoms with Crippen molar-refractivity contribution in [2.24, 2.45) is 0 Å². The predicted molar refractivity (Wildman–Crippen MR) is 99.4 cm³/mol. The molecule has 4 heteroatoms.